The minimum absolute atomic E-state index is 0.304. The molecule has 0 bridgehead atoms. The van der Waals surface area contributed by atoms with E-state index in [4.69, 9.17) is 11.0 Å². The number of aromatic nitrogens is 2. The minimum atomic E-state index is 0.304. The second-order valence-electron chi connectivity index (χ2n) is 3.47. The zero-order chi connectivity index (χ0) is 11.5. The first-order valence-corrected chi connectivity index (χ1v) is 5.02. The summed E-state index contributed by atoms with van der Waals surface area (Å²) in [4.78, 5) is 0. The Labute approximate surface area is 93.9 Å². The normalized spacial score (nSPS) is 10.1. The Kier molecular flexibility index (Phi) is 2.71. The van der Waals surface area contributed by atoms with Gasteiger partial charge in [-0.2, -0.15) is 10.4 Å². The zero-order valence-corrected chi connectivity index (χ0v) is 9.01. The number of nitriles is 1. The number of nitrogens with zero attached hydrogens (tertiary/aromatic N) is 3. The van der Waals surface area contributed by atoms with Crippen LogP contribution in [-0.2, 0) is 6.54 Å². The third kappa shape index (κ3) is 1.58. The van der Waals surface area contributed by atoms with Crippen LogP contribution in [0.15, 0.2) is 30.3 Å². The summed E-state index contributed by atoms with van der Waals surface area (Å²) in [6.45, 7) is 2.12. The SMILES string of the molecule is Cc1nn(-c2ccccc2)c(CN)c1C#N. The number of para-hydroxylation sites is 1. The van der Waals surface area contributed by atoms with E-state index in [2.05, 4.69) is 11.2 Å². The third-order valence-corrected chi connectivity index (χ3v) is 2.46. The average Bonchev–Trinajstić information content (AvgIpc) is 2.66. The molecule has 0 radical (unpaired) electrons. The van der Waals surface area contributed by atoms with Crippen LogP contribution in [0, 0.1) is 18.3 Å². The van der Waals surface area contributed by atoms with Crippen LogP contribution >= 0.6 is 0 Å². The predicted molar refractivity (Wildman–Crippen MR) is 60.9 cm³/mol. The molecule has 4 nitrogen and oxygen atoms in total. The van der Waals surface area contributed by atoms with Crippen molar-refractivity contribution in [3.8, 4) is 11.8 Å². The monoisotopic (exact) mass is 212 g/mol. The summed E-state index contributed by atoms with van der Waals surface area (Å²) in [5.74, 6) is 0. The van der Waals surface area contributed by atoms with Gasteiger partial charge < -0.3 is 5.73 Å². The molecule has 0 aliphatic rings. The Morgan fingerprint density at radius 1 is 1.38 bits per heavy atom. The fourth-order valence-electron chi connectivity index (χ4n) is 1.69. The van der Waals surface area contributed by atoms with Crippen LogP contribution in [0.5, 0.6) is 0 Å². The quantitative estimate of drug-likeness (QED) is 0.820. The van der Waals surface area contributed by atoms with Crippen molar-refractivity contribution in [2.75, 3.05) is 0 Å². The highest BCUT2D eigenvalue weighted by Gasteiger charge is 2.14. The molecule has 0 fully saturated rings. The minimum Gasteiger partial charge on any atom is -0.325 e. The van der Waals surface area contributed by atoms with Gasteiger partial charge in [0.15, 0.2) is 0 Å². The van der Waals surface area contributed by atoms with E-state index in [1.54, 1.807) is 4.68 Å². The summed E-state index contributed by atoms with van der Waals surface area (Å²) < 4.78 is 1.73. The molecular weight excluding hydrogens is 200 g/mol. The van der Waals surface area contributed by atoms with Crippen LogP contribution in [-0.4, -0.2) is 9.78 Å². The van der Waals surface area contributed by atoms with Gasteiger partial charge in [0.05, 0.1) is 22.6 Å². The van der Waals surface area contributed by atoms with Crippen molar-refractivity contribution >= 4 is 0 Å². The van der Waals surface area contributed by atoms with Crippen molar-refractivity contribution in [1.29, 1.82) is 5.26 Å². The lowest BCUT2D eigenvalue weighted by atomic mass is 10.2. The lowest BCUT2D eigenvalue weighted by molar-refractivity contribution is 0.795. The van der Waals surface area contributed by atoms with Crippen molar-refractivity contribution < 1.29 is 0 Å². The Bertz CT molecular complexity index is 534. The number of rotatable bonds is 2. The van der Waals surface area contributed by atoms with Crippen LogP contribution in [0.2, 0.25) is 0 Å². The van der Waals surface area contributed by atoms with E-state index in [0.717, 1.165) is 11.4 Å². The van der Waals surface area contributed by atoms with Gasteiger partial charge in [0.2, 0.25) is 0 Å². The molecule has 1 heterocycles. The van der Waals surface area contributed by atoms with E-state index in [-0.39, 0.29) is 0 Å². The Morgan fingerprint density at radius 3 is 2.62 bits per heavy atom. The van der Waals surface area contributed by atoms with E-state index in [1.165, 1.54) is 0 Å². The van der Waals surface area contributed by atoms with Gasteiger partial charge in [-0.25, -0.2) is 4.68 Å². The van der Waals surface area contributed by atoms with E-state index in [9.17, 15) is 0 Å². The van der Waals surface area contributed by atoms with Gasteiger partial charge >= 0.3 is 0 Å². The van der Waals surface area contributed by atoms with E-state index < -0.39 is 0 Å². The van der Waals surface area contributed by atoms with Crippen LogP contribution in [0.4, 0.5) is 0 Å². The molecule has 2 rings (SSSR count). The molecule has 2 N–H and O–H groups in total. The molecule has 4 heteroatoms. The Hall–Kier alpha value is -2.12. The summed E-state index contributed by atoms with van der Waals surface area (Å²) in [7, 11) is 0. The second kappa shape index (κ2) is 4.17. The van der Waals surface area contributed by atoms with Gasteiger partial charge in [0.25, 0.3) is 0 Å². The van der Waals surface area contributed by atoms with Crippen molar-refractivity contribution in [2.45, 2.75) is 13.5 Å². The molecule has 1 aromatic carbocycles. The number of benzene rings is 1. The largest absolute Gasteiger partial charge is 0.325 e. The highest BCUT2D eigenvalue weighted by atomic mass is 15.3. The van der Waals surface area contributed by atoms with Gasteiger partial charge in [0, 0.05) is 6.54 Å². The average molecular weight is 212 g/mol. The van der Waals surface area contributed by atoms with E-state index >= 15 is 0 Å². The van der Waals surface area contributed by atoms with Crippen molar-refractivity contribution in [3.05, 3.63) is 47.3 Å². The molecule has 0 atom stereocenters. The zero-order valence-electron chi connectivity index (χ0n) is 9.01. The molecule has 2 aromatic rings. The summed E-state index contributed by atoms with van der Waals surface area (Å²) in [6.07, 6.45) is 0. The Balaban J connectivity index is 2.63. The molecule has 1 aromatic heterocycles. The topological polar surface area (TPSA) is 67.6 Å². The van der Waals surface area contributed by atoms with E-state index in [1.807, 2.05) is 37.3 Å². The highest BCUT2D eigenvalue weighted by molar-refractivity contribution is 5.43. The van der Waals surface area contributed by atoms with Gasteiger partial charge in [-0.3, -0.25) is 0 Å². The molecule has 0 amide bonds. The second-order valence-corrected chi connectivity index (χ2v) is 3.47. The molecule has 0 aliphatic carbocycles. The lowest BCUT2D eigenvalue weighted by Gasteiger charge is -2.04. The van der Waals surface area contributed by atoms with Crippen LogP contribution in [0.1, 0.15) is 17.0 Å². The fourth-order valence-corrected chi connectivity index (χ4v) is 1.69. The molecule has 0 unspecified atom stereocenters. The Morgan fingerprint density at radius 2 is 2.06 bits per heavy atom. The maximum Gasteiger partial charge on any atom is 0.103 e. The maximum atomic E-state index is 9.03. The van der Waals surface area contributed by atoms with Crippen LogP contribution < -0.4 is 5.73 Å². The predicted octanol–water partition coefficient (Wildman–Crippen LogP) is 1.51. The van der Waals surface area contributed by atoms with Crippen molar-refractivity contribution in [2.24, 2.45) is 5.73 Å². The van der Waals surface area contributed by atoms with Gasteiger partial charge in [0.1, 0.15) is 6.07 Å². The standard InChI is InChI=1S/C12H12N4/c1-9-11(7-13)12(8-14)16(15-9)10-5-3-2-4-6-10/h2-6H,8,14H2,1H3. The number of nitrogens with two attached hydrogens (primary N) is 1. The summed E-state index contributed by atoms with van der Waals surface area (Å²) in [5.41, 5.74) is 8.64. The highest BCUT2D eigenvalue weighted by Crippen LogP contribution is 2.17. The first kappa shape index (κ1) is 10.4. The molecule has 80 valence electrons. The lowest BCUT2D eigenvalue weighted by Crippen LogP contribution is -2.07. The summed E-state index contributed by atoms with van der Waals surface area (Å²) in [5, 5.41) is 13.4. The molecule has 0 aliphatic heterocycles. The summed E-state index contributed by atoms with van der Waals surface area (Å²) >= 11 is 0. The van der Waals surface area contributed by atoms with Gasteiger partial charge in [-0.05, 0) is 19.1 Å². The third-order valence-electron chi connectivity index (χ3n) is 2.46. The van der Waals surface area contributed by atoms with Crippen molar-refractivity contribution in [1.82, 2.24) is 9.78 Å². The molecule has 0 saturated carbocycles. The molecule has 16 heavy (non-hydrogen) atoms. The fraction of sp³-hybridized carbons (Fsp3) is 0.167. The van der Waals surface area contributed by atoms with Gasteiger partial charge in [-0.15, -0.1) is 0 Å². The van der Waals surface area contributed by atoms with E-state index in [0.29, 0.717) is 17.8 Å². The van der Waals surface area contributed by atoms with Gasteiger partial charge in [-0.1, -0.05) is 18.2 Å². The van der Waals surface area contributed by atoms with Crippen molar-refractivity contribution in [3.63, 3.8) is 0 Å². The molecule has 0 spiro atoms. The summed E-state index contributed by atoms with van der Waals surface area (Å²) in [6, 6.07) is 11.8. The molecular formula is C12H12N4. The first-order chi connectivity index (χ1) is 7.77. The number of hydrogen-bond acceptors (Lipinski definition) is 3. The number of hydrogen-bond donors (Lipinski definition) is 1. The molecule has 0 saturated heterocycles. The number of aryl methyl sites for hydroxylation is 1. The maximum absolute atomic E-state index is 9.03. The van der Waals surface area contributed by atoms with Crippen LogP contribution in [0.3, 0.4) is 0 Å². The van der Waals surface area contributed by atoms with Crippen LogP contribution in [0.25, 0.3) is 5.69 Å². The smallest absolute Gasteiger partial charge is 0.103 e. The first-order valence-electron chi connectivity index (χ1n) is 5.02.